The second-order valence-electron chi connectivity index (χ2n) is 5.42. The molecular formula is C16H26N2. The molecule has 0 heterocycles. The van der Waals surface area contributed by atoms with Crippen LogP contribution in [0.25, 0.3) is 0 Å². The Balaban J connectivity index is 5.82. The predicted molar refractivity (Wildman–Crippen MR) is 82.8 cm³/mol. The van der Waals surface area contributed by atoms with Crippen LogP contribution in [-0.2, 0) is 0 Å². The first kappa shape index (κ1) is 16.4. The third-order valence-corrected chi connectivity index (χ3v) is 2.36. The van der Waals surface area contributed by atoms with Gasteiger partial charge in [0.05, 0.1) is 5.70 Å². The molecule has 0 aliphatic heterocycles. The maximum Gasteiger partial charge on any atom is 0.0732 e. The Hall–Kier alpha value is -1.57. The van der Waals surface area contributed by atoms with E-state index in [-0.39, 0.29) is 5.41 Å². The summed E-state index contributed by atoms with van der Waals surface area (Å²) in [6, 6.07) is 0. The fourth-order valence-corrected chi connectivity index (χ4v) is 1.55. The van der Waals surface area contributed by atoms with E-state index in [1.165, 1.54) is 0 Å². The molecule has 0 aliphatic rings. The second-order valence-corrected chi connectivity index (χ2v) is 5.42. The molecule has 0 unspecified atom stereocenters. The van der Waals surface area contributed by atoms with Gasteiger partial charge in [-0.1, -0.05) is 40.0 Å². The second kappa shape index (κ2) is 7.00. The van der Waals surface area contributed by atoms with E-state index in [1.807, 2.05) is 39.2 Å². The van der Waals surface area contributed by atoms with E-state index >= 15 is 0 Å². The lowest BCUT2D eigenvalue weighted by molar-refractivity contribution is 0.512. The zero-order chi connectivity index (χ0) is 14.3. The lowest BCUT2D eigenvalue weighted by atomic mass is 9.84. The van der Waals surface area contributed by atoms with E-state index in [9.17, 15) is 0 Å². The summed E-state index contributed by atoms with van der Waals surface area (Å²) < 4.78 is 0. The van der Waals surface area contributed by atoms with Gasteiger partial charge < -0.3 is 5.32 Å². The van der Waals surface area contributed by atoms with Crippen LogP contribution in [0.3, 0.4) is 0 Å². The first-order valence-corrected chi connectivity index (χ1v) is 6.16. The maximum atomic E-state index is 4.61. The van der Waals surface area contributed by atoms with Crippen molar-refractivity contribution in [3.8, 4) is 0 Å². The molecular weight excluding hydrogens is 220 g/mol. The standard InChI is InChI=1S/C16H26N2/c1-9-14(16(5,6)7)15(18-12(2)3)13(4)10-11-17-8/h9-11,17H,1,4H2,2-3,5-8H3/b11-10-,15-14+. The summed E-state index contributed by atoms with van der Waals surface area (Å²) in [6.07, 6.45) is 5.66. The highest BCUT2D eigenvalue weighted by Gasteiger charge is 2.19. The highest BCUT2D eigenvalue weighted by molar-refractivity contribution is 5.81. The third-order valence-electron chi connectivity index (χ3n) is 2.36. The molecule has 0 saturated carbocycles. The van der Waals surface area contributed by atoms with E-state index in [2.05, 4.69) is 44.2 Å². The van der Waals surface area contributed by atoms with Crippen LogP contribution in [0.5, 0.6) is 0 Å². The van der Waals surface area contributed by atoms with Gasteiger partial charge in [0, 0.05) is 12.8 Å². The average Bonchev–Trinajstić information content (AvgIpc) is 2.23. The first-order valence-electron chi connectivity index (χ1n) is 6.16. The van der Waals surface area contributed by atoms with Crippen LogP contribution in [0.1, 0.15) is 34.6 Å². The Morgan fingerprint density at radius 3 is 2.11 bits per heavy atom. The van der Waals surface area contributed by atoms with Crippen molar-refractivity contribution in [3.05, 3.63) is 48.4 Å². The number of rotatable bonds is 5. The van der Waals surface area contributed by atoms with Crippen LogP contribution in [0, 0.1) is 5.41 Å². The number of nitrogens with zero attached hydrogens (tertiary/aromatic N) is 1. The minimum absolute atomic E-state index is 0.00748. The molecule has 2 nitrogen and oxygen atoms in total. The van der Waals surface area contributed by atoms with Gasteiger partial charge in [0.25, 0.3) is 0 Å². The Morgan fingerprint density at radius 2 is 1.78 bits per heavy atom. The minimum Gasteiger partial charge on any atom is -0.394 e. The number of hydrogen-bond acceptors (Lipinski definition) is 2. The number of aliphatic imine (C=N–C) groups is 1. The van der Waals surface area contributed by atoms with Crippen LogP contribution in [0.2, 0.25) is 0 Å². The molecule has 0 amide bonds. The maximum absolute atomic E-state index is 4.61. The van der Waals surface area contributed by atoms with E-state index in [4.69, 9.17) is 0 Å². The van der Waals surface area contributed by atoms with Gasteiger partial charge >= 0.3 is 0 Å². The van der Waals surface area contributed by atoms with Crippen LogP contribution < -0.4 is 5.32 Å². The third kappa shape index (κ3) is 5.17. The van der Waals surface area contributed by atoms with Crippen molar-refractivity contribution in [2.75, 3.05) is 7.05 Å². The normalized spacial score (nSPS) is 13.0. The van der Waals surface area contributed by atoms with Gasteiger partial charge in [0.15, 0.2) is 0 Å². The van der Waals surface area contributed by atoms with E-state index in [0.717, 1.165) is 22.6 Å². The van der Waals surface area contributed by atoms with Crippen molar-refractivity contribution in [1.29, 1.82) is 0 Å². The van der Waals surface area contributed by atoms with Crippen LogP contribution in [0.15, 0.2) is 53.3 Å². The minimum atomic E-state index is -0.00748. The predicted octanol–water partition coefficient (Wildman–Crippen LogP) is 4.24. The van der Waals surface area contributed by atoms with Gasteiger partial charge in [0.1, 0.15) is 0 Å². The molecule has 0 saturated heterocycles. The van der Waals surface area contributed by atoms with Crippen molar-refractivity contribution in [3.63, 3.8) is 0 Å². The Morgan fingerprint density at radius 1 is 1.22 bits per heavy atom. The monoisotopic (exact) mass is 246 g/mol. The molecule has 2 heteroatoms. The molecule has 0 aromatic carbocycles. The zero-order valence-corrected chi connectivity index (χ0v) is 12.6. The van der Waals surface area contributed by atoms with E-state index in [1.54, 1.807) is 0 Å². The average molecular weight is 246 g/mol. The smallest absolute Gasteiger partial charge is 0.0732 e. The summed E-state index contributed by atoms with van der Waals surface area (Å²) in [7, 11) is 1.86. The van der Waals surface area contributed by atoms with Gasteiger partial charge in [-0.2, -0.15) is 0 Å². The highest BCUT2D eigenvalue weighted by atomic mass is 14.8. The molecule has 18 heavy (non-hydrogen) atoms. The van der Waals surface area contributed by atoms with Gasteiger partial charge in [0.2, 0.25) is 0 Å². The summed E-state index contributed by atoms with van der Waals surface area (Å²) in [6.45, 7) is 18.4. The molecule has 1 N–H and O–H groups in total. The molecule has 0 spiro atoms. The van der Waals surface area contributed by atoms with Gasteiger partial charge in [-0.05, 0) is 42.7 Å². The SMILES string of the molecule is C=C/C(=C(\N=C(C)C)C(=C)/C=C\NC)C(C)(C)C. The summed E-state index contributed by atoms with van der Waals surface area (Å²) in [5.41, 5.74) is 3.90. The van der Waals surface area contributed by atoms with Crippen molar-refractivity contribution in [2.45, 2.75) is 34.6 Å². The fraction of sp³-hybridized carbons (Fsp3) is 0.438. The molecule has 0 fully saturated rings. The Bertz CT molecular complexity index is 397. The Kier molecular flexibility index (Phi) is 6.39. The topological polar surface area (TPSA) is 24.4 Å². The quantitative estimate of drug-likeness (QED) is 0.569. The largest absolute Gasteiger partial charge is 0.394 e. The molecule has 0 aliphatic carbocycles. The van der Waals surface area contributed by atoms with Crippen molar-refractivity contribution in [1.82, 2.24) is 5.32 Å². The zero-order valence-electron chi connectivity index (χ0n) is 12.6. The molecule has 0 rings (SSSR count). The molecule has 0 bridgehead atoms. The van der Waals surface area contributed by atoms with Crippen molar-refractivity contribution < 1.29 is 0 Å². The van der Waals surface area contributed by atoms with Crippen molar-refractivity contribution in [2.24, 2.45) is 10.4 Å². The highest BCUT2D eigenvalue weighted by Crippen LogP contribution is 2.32. The van der Waals surface area contributed by atoms with Gasteiger partial charge in [-0.15, -0.1) is 0 Å². The first-order chi connectivity index (χ1) is 8.23. The van der Waals surface area contributed by atoms with Crippen LogP contribution in [0.4, 0.5) is 0 Å². The summed E-state index contributed by atoms with van der Waals surface area (Å²) in [5, 5.41) is 2.96. The molecule has 0 aromatic heterocycles. The number of nitrogens with one attached hydrogen (secondary N) is 1. The lowest BCUT2D eigenvalue weighted by Crippen LogP contribution is -2.11. The summed E-state index contributed by atoms with van der Waals surface area (Å²) >= 11 is 0. The lowest BCUT2D eigenvalue weighted by Gasteiger charge is -2.23. The van der Waals surface area contributed by atoms with E-state index in [0.29, 0.717) is 0 Å². The molecule has 0 radical (unpaired) electrons. The number of hydrogen-bond donors (Lipinski definition) is 1. The molecule has 0 atom stereocenters. The molecule has 100 valence electrons. The number of allylic oxidation sites excluding steroid dienone is 3. The van der Waals surface area contributed by atoms with E-state index < -0.39 is 0 Å². The van der Waals surface area contributed by atoms with Gasteiger partial charge in [-0.25, -0.2) is 0 Å². The van der Waals surface area contributed by atoms with Crippen LogP contribution in [-0.4, -0.2) is 12.8 Å². The molecule has 0 aromatic rings. The van der Waals surface area contributed by atoms with Gasteiger partial charge in [-0.3, -0.25) is 4.99 Å². The summed E-state index contributed by atoms with van der Waals surface area (Å²) in [5.74, 6) is 0. The Labute approximate surface area is 112 Å². The van der Waals surface area contributed by atoms with Crippen LogP contribution >= 0.6 is 0 Å². The summed E-state index contributed by atoms with van der Waals surface area (Å²) in [4.78, 5) is 4.61. The fourth-order valence-electron chi connectivity index (χ4n) is 1.55. The van der Waals surface area contributed by atoms with Crippen molar-refractivity contribution >= 4 is 5.71 Å².